The summed E-state index contributed by atoms with van der Waals surface area (Å²) in [4.78, 5) is 37.6. The number of carboxylic acids is 1. The maximum Gasteiger partial charge on any atom is 0.408 e. The molecule has 0 saturated carbocycles. The number of nitrogens with one attached hydrogen (secondary N) is 2. The highest BCUT2D eigenvalue weighted by Gasteiger charge is 2.49. The number of carbonyl (C=O) groups excluding carboxylic acids is 2. The van der Waals surface area contributed by atoms with Gasteiger partial charge in [-0.3, -0.25) is 9.59 Å². The van der Waals surface area contributed by atoms with Gasteiger partial charge in [0.1, 0.15) is 17.6 Å². The van der Waals surface area contributed by atoms with Crippen LogP contribution in [-0.2, 0) is 23.8 Å². The summed E-state index contributed by atoms with van der Waals surface area (Å²) in [5.74, 6) is -1.78. The van der Waals surface area contributed by atoms with Gasteiger partial charge < -0.3 is 30.0 Å². The first kappa shape index (κ1) is 24.7. The molecule has 2 aliphatic rings. The van der Waals surface area contributed by atoms with E-state index in [0.717, 1.165) is 22.3 Å². The third-order valence-electron chi connectivity index (χ3n) is 6.91. The number of benzene rings is 2. The predicted molar refractivity (Wildman–Crippen MR) is 127 cm³/mol. The molecule has 2 aromatic rings. The second kappa shape index (κ2) is 9.67. The summed E-state index contributed by atoms with van der Waals surface area (Å²) in [6, 6.07) is 15.2. The Morgan fingerprint density at radius 3 is 2.29 bits per heavy atom. The van der Waals surface area contributed by atoms with E-state index in [1.54, 1.807) is 0 Å². The summed E-state index contributed by atoms with van der Waals surface area (Å²) in [6.07, 6.45) is -0.773. The third-order valence-corrected chi connectivity index (χ3v) is 6.91. The van der Waals surface area contributed by atoms with E-state index < -0.39 is 35.0 Å². The molecule has 9 heteroatoms. The van der Waals surface area contributed by atoms with Crippen LogP contribution in [0.1, 0.15) is 30.9 Å². The Hall–Kier alpha value is -3.43. The van der Waals surface area contributed by atoms with Gasteiger partial charge in [0.05, 0.1) is 25.9 Å². The molecule has 3 N–H and O–H groups in total. The van der Waals surface area contributed by atoms with Crippen LogP contribution >= 0.6 is 0 Å². The van der Waals surface area contributed by atoms with Gasteiger partial charge >= 0.3 is 12.1 Å². The van der Waals surface area contributed by atoms with Crippen molar-refractivity contribution in [1.29, 1.82) is 0 Å². The minimum Gasteiger partial charge on any atom is -0.481 e. The first-order valence-corrected chi connectivity index (χ1v) is 11.4. The van der Waals surface area contributed by atoms with Gasteiger partial charge in [-0.25, -0.2) is 4.79 Å². The minimum absolute atomic E-state index is 0.0198. The fourth-order valence-electron chi connectivity index (χ4n) is 4.71. The summed E-state index contributed by atoms with van der Waals surface area (Å²) in [5.41, 5.74) is 1.62. The molecular formula is C26H30N2O7. The van der Waals surface area contributed by atoms with Crippen LogP contribution in [0.5, 0.6) is 0 Å². The van der Waals surface area contributed by atoms with Crippen molar-refractivity contribution in [3.05, 3.63) is 59.7 Å². The van der Waals surface area contributed by atoms with Crippen molar-refractivity contribution in [3.8, 4) is 11.1 Å². The minimum atomic E-state index is -1.49. The predicted octanol–water partition coefficient (Wildman–Crippen LogP) is 2.54. The second-order valence-corrected chi connectivity index (χ2v) is 9.48. The molecule has 4 rings (SSSR count). The van der Waals surface area contributed by atoms with Crippen LogP contribution in [0.2, 0.25) is 0 Å². The number of alkyl carbamates (subject to hydrolysis) is 1. The molecule has 1 aliphatic heterocycles. The molecule has 186 valence electrons. The number of carbonyl (C=O) groups is 3. The molecule has 9 nitrogen and oxygen atoms in total. The summed E-state index contributed by atoms with van der Waals surface area (Å²) < 4.78 is 16.1. The lowest BCUT2D eigenvalue weighted by Crippen LogP contribution is -2.63. The van der Waals surface area contributed by atoms with Crippen LogP contribution in [0.15, 0.2) is 48.5 Å². The Balaban J connectivity index is 1.44. The standard InChI is InChI=1S/C26H30N2O7/c1-25(23(30)31)14-34-13-21(25)27-22(29)26(2,15-33-3)28-24(32)35-12-20-18-10-6-4-8-16(18)17-9-5-7-11-19(17)20/h4-11,20-21H,12-15H2,1-3H3,(H,27,29)(H,28,32)(H,30,31). The molecule has 0 aromatic heterocycles. The summed E-state index contributed by atoms with van der Waals surface area (Å²) >= 11 is 0. The van der Waals surface area contributed by atoms with E-state index in [0.29, 0.717) is 0 Å². The molecule has 0 bridgehead atoms. The average molecular weight is 483 g/mol. The van der Waals surface area contributed by atoms with E-state index >= 15 is 0 Å². The molecule has 1 saturated heterocycles. The van der Waals surface area contributed by atoms with E-state index in [1.807, 2.05) is 48.5 Å². The number of carboxylic acid groups (broad SMARTS) is 1. The Bertz CT molecular complexity index is 1090. The first-order chi connectivity index (χ1) is 16.7. The fraction of sp³-hybridized carbons (Fsp3) is 0.423. The van der Waals surface area contributed by atoms with Gasteiger partial charge in [-0.2, -0.15) is 0 Å². The largest absolute Gasteiger partial charge is 0.481 e. The molecule has 1 aliphatic carbocycles. The number of hydrogen-bond donors (Lipinski definition) is 3. The Kier molecular flexibility index (Phi) is 6.82. The van der Waals surface area contributed by atoms with Crippen molar-refractivity contribution in [1.82, 2.24) is 10.6 Å². The maximum atomic E-state index is 13.1. The van der Waals surface area contributed by atoms with Crippen LogP contribution in [-0.4, -0.2) is 68.2 Å². The van der Waals surface area contributed by atoms with Crippen molar-refractivity contribution in [3.63, 3.8) is 0 Å². The van der Waals surface area contributed by atoms with Crippen molar-refractivity contribution < 1.29 is 33.7 Å². The Labute approximate surface area is 203 Å². The molecule has 0 spiro atoms. The lowest BCUT2D eigenvalue weighted by atomic mass is 9.85. The van der Waals surface area contributed by atoms with Gasteiger partial charge in [-0.05, 0) is 36.1 Å². The lowest BCUT2D eigenvalue weighted by Gasteiger charge is -2.32. The highest BCUT2D eigenvalue weighted by Crippen LogP contribution is 2.44. The van der Waals surface area contributed by atoms with Crippen molar-refractivity contribution in [2.75, 3.05) is 33.5 Å². The highest BCUT2D eigenvalue weighted by molar-refractivity contribution is 5.91. The van der Waals surface area contributed by atoms with E-state index in [4.69, 9.17) is 14.2 Å². The Morgan fingerprint density at radius 2 is 1.71 bits per heavy atom. The van der Waals surface area contributed by atoms with Crippen LogP contribution in [0.25, 0.3) is 11.1 Å². The molecule has 3 unspecified atom stereocenters. The molecule has 0 radical (unpaired) electrons. The van der Waals surface area contributed by atoms with Crippen molar-refractivity contribution in [2.24, 2.45) is 5.41 Å². The van der Waals surface area contributed by atoms with E-state index in [-0.39, 0.29) is 32.3 Å². The Morgan fingerprint density at radius 1 is 1.11 bits per heavy atom. The average Bonchev–Trinajstić information content (AvgIpc) is 3.36. The zero-order chi connectivity index (χ0) is 25.2. The number of ether oxygens (including phenoxy) is 3. The smallest absolute Gasteiger partial charge is 0.408 e. The number of methoxy groups -OCH3 is 1. The SMILES string of the molecule is COCC(C)(NC(=O)OCC1c2ccccc2-c2ccccc21)C(=O)NC1COCC1(C)C(=O)O. The van der Waals surface area contributed by atoms with Gasteiger partial charge in [0.15, 0.2) is 0 Å². The van der Waals surface area contributed by atoms with E-state index in [9.17, 15) is 19.5 Å². The van der Waals surface area contributed by atoms with Crippen LogP contribution in [0.4, 0.5) is 4.79 Å². The summed E-state index contributed by atoms with van der Waals surface area (Å²) in [6.45, 7) is 3.01. The van der Waals surface area contributed by atoms with E-state index in [2.05, 4.69) is 10.6 Å². The van der Waals surface area contributed by atoms with Gasteiger partial charge in [-0.15, -0.1) is 0 Å². The zero-order valence-corrected chi connectivity index (χ0v) is 20.0. The van der Waals surface area contributed by atoms with Gasteiger partial charge in [-0.1, -0.05) is 48.5 Å². The quantitative estimate of drug-likeness (QED) is 0.528. The van der Waals surface area contributed by atoms with E-state index in [1.165, 1.54) is 21.0 Å². The monoisotopic (exact) mass is 482 g/mol. The summed E-state index contributed by atoms with van der Waals surface area (Å²) in [5, 5.41) is 14.9. The number of hydrogen-bond acceptors (Lipinski definition) is 6. The van der Waals surface area contributed by atoms with Crippen LogP contribution < -0.4 is 10.6 Å². The first-order valence-electron chi connectivity index (χ1n) is 11.4. The molecule has 3 atom stereocenters. The van der Waals surface area contributed by atoms with Gasteiger partial charge in [0, 0.05) is 13.0 Å². The molecule has 2 amide bonds. The maximum absolute atomic E-state index is 13.1. The normalized spacial score (nSPS) is 22.5. The summed E-state index contributed by atoms with van der Waals surface area (Å²) in [7, 11) is 1.41. The molecule has 1 heterocycles. The highest BCUT2D eigenvalue weighted by atomic mass is 16.5. The second-order valence-electron chi connectivity index (χ2n) is 9.48. The molecule has 1 fully saturated rings. The molecule has 2 aromatic carbocycles. The van der Waals surface area contributed by atoms with Gasteiger partial charge in [0.2, 0.25) is 5.91 Å². The van der Waals surface area contributed by atoms with Crippen molar-refractivity contribution >= 4 is 18.0 Å². The number of fused-ring (bicyclic) bond motifs is 3. The number of rotatable bonds is 8. The molecular weight excluding hydrogens is 452 g/mol. The molecule has 35 heavy (non-hydrogen) atoms. The van der Waals surface area contributed by atoms with Crippen LogP contribution in [0, 0.1) is 5.41 Å². The fourth-order valence-corrected chi connectivity index (χ4v) is 4.71. The third kappa shape index (κ3) is 4.61. The van der Waals surface area contributed by atoms with Gasteiger partial charge in [0.25, 0.3) is 0 Å². The lowest BCUT2D eigenvalue weighted by molar-refractivity contribution is -0.149. The topological polar surface area (TPSA) is 123 Å². The number of aliphatic carboxylic acids is 1. The van der Waals surface area contributed by atoms with Crippen molar-refractivity contribution in [2.45, 2.75) is 31.3 Å². The zero-order valence-electron chi connectivity index (χ0n) is 20.0. The van der Waals surface area contributed by atoms with Crippen LogP contribution in [0.3, 0.4) is 0 Å². The number of amides is 2.